The lowest BCUT2D eigenvalue weighted by Crippen LogP contribution is -2.42. The minimum absolute atomic E-state index is 0.440. The number of hydrogen-bond acceptors (Lipinski definition) is 6. The number of fused-ring (bicyclic) bond motifs is 2. The first-order valence-electron chi connectivity index (χ1n) is 11.2. The Morgan fingerprint density at radius 3 is 2.66 bits per heavy atom. The Kier molecular flexibility index (Phi) is 6.20. The Labute approximate surface area is 197 Å². The smallest absolute Gasteiger partial charge is 0.320 e. The highest BCUT2D eigenvalue weighted by atomic mass is 35.5. The molecule has 3 aromatic rings. The number of piperidine rings is 1. The topological polar surface area (TPSA) is 69.0 Å². The third-order valence-electron chi connectivity index (χ3n) is 6.55. The molecule has 1 aromatic carbocycles. The molecule has 7 nitrogen and oxygen atoms in total. The monoisotopic (exact) mass is 472 g/mol. The van der Waals surface area contributed by atoms with E-state index in [1.807, 2.05) is 28.9 Å². The Hall–Kier alpha value is -2.38. The molecule has 0 N–H and O–H groups in total. The molecule has 9 heteroatoms. The van der Waals surface area contributed by atoms with Gasteiger partial charge in [-0.2, -0.15) is 15.2 Å². The molecule has 0 spiro atoms. The van der Waals surface area contributed by atoms with Crippen LogP contribution in [-0.2, 0) is 13.0 Å². The number of ether oxygens (including phenoxy) is 1. The van der Waals surface area contributed by atoms with Gasteiger partial charge in [0, 0.05) is 37.1 Å². The molecule has 2 bridgehead atoms. The summed E-state index contributed by atoms with van der Waals surface area (Å²) in [6.07, 6.45) is 6.11. The van der Waals surface area contributed by atoms with Gasteiger partial charge in [-0.15, -0.1) is 5.10 Å². The molecule has 0 radical (unpaired) electrons. The van der Waals surface area contributed by atoms with Crippen LogP contribution in [0.3, 0.4) is 0 Å². The van der Waals surface area contributed by atoms with E-state index in [9.17, 15) is 0 Å². The van der Waals surface area contributed by atoms with E-state index in [1.165, 1.54) is 12.8 Å². The summed E-state index contributed by atoms with van der Waals surface area (Å²) in [5.74, 6) is 3.33. The van der Waals surface area contributed by atoms with Gasteiger partial charge in [0.1, 0.15) is 5.75 Å². The molecule has 2 aromatic heterocycles. The van der Waals surface area contributed by atoms with Gasteiger partial charge in [0.2, 0.25) is 0 Å². The summed E-state index contributed by atoms with van der Waals surface area (Å²) in [5, 5.41) is 13.8. The minimum Gasteiger partial charge on any atom is -0.424 e. The lowest BCUT2D eigenvalue weighted by molar-refractivity contribution is 0.265. The Balaban J connectivity index is 1.31. The number of aryl methyl sites for hydroxylation is 1. The summed E-state index contributed by atoms with van der Waals surface area (Å²) in [4.78, 5) is 7.17. The molecular weight excluding hydrogens is 447 g/mol. The normalized spacial score (nSPS) is 22.3. The molecule has 1 aliphatic heterocycles. The van der Waals surface area contributed by atoms with Crippen LogP contribution >= 0.6 is 23.2 Å². The highest BCUT2D eigenvalue weighted by Crippen LogP contribution is 2.44. The maximum atomic E-state index is 6.11. The van der Waals surface area contributed by atoms with Crippen LogP contribution in [-0.4, -0.2) is 38.1 Å². The van der Waals surface area contributed by atoms with E-state index in [2.05, 4.69) is 22.0 Å². The molecule has 2 atom stereocenters. The number of aromatic nitrogens is 5. The highest BCUT2D eigenvalue weighted by molar-refractivity contribution is 6.30. The van der Waals surface area contributed by atoms with Gasteiger partial charge in [0.15, 0.2) is 11.0 Å². The zero-order valence-corrected chi connectivity index (χ0v) is 19.5. The summed E-state index contributed by atoms with van der Waals surface area (Å²) >= 11 is 12.2. The average molecular weight is 473 g/mol. The molecule has 2 aliphatic rings. The Morgan fingerprint density at radius 1 is 1.12 bits per heavy atom. The van der Waals surface area contributed by atoms with Crippen LogP contribution in [0, 0.1) is 17.8 Å². The zero-order valence-electron chi connectivity index (χ0n) is 18.0. The minimum atomic E-state index is 0.440. The Morgan fingerprint density at radius 2 is 1.94 bits per heavy atom. The number of hydrogen-bond donors (Lipinski definition) is 0. The van der Waals surface area contributed by atoms with Crippen molar-refractivity contribution >= 4 is 28.9 Å². The molecule has 2 unspecified atom stereocenters. The van der Waals surface area contributed by atoms with E-state index < -0.39 is 0 Å². The van der Waals surface area contributed by atoms with E-state index in [0.29, 0.717) is 39.7 Å². The maximum absolute atomic E-state index is 6.11. The summed E-state index contributed by atoms with van der Waals surface area (Å²) in [7, 11) is 0. The fraction of sp³-hybridized carbons (Fsp3) is 0.478. The van der Waals surface area contributed by atoms with Crippen molar-refractivity contribution in [3.05, 3.63) is 52.5 Å². The molecule has 0 amide bonds. The molecular formula is C23H26Cl2N6O. The molecule has 168 valence electrons. The van der Waals surface area contributed by atoms with E-state index in [4.69, 9.17) is 38.0 Å². The summed E-state index contributed by atoms with van der Waals surface area (Å²) in [6, 6.07) is 9.81. The Bertz CT molecular complexity index is 1080. The van der Waals surface area contributed by atoms with Gasteiger partial charge in [0.25, 0.3) is 0 Å². The van der Waals surface area contributed by atoms with Crippen LogP contribution in [0.2, 0.25) is 10.2 Å². The van der Waals surface area contributed by atoms with Crippen LogP contribution in [0.25, 0.3) is 0 Å². The van der Waals surface area contributed by atoms with E-state index in [1.54, 1.807) is 12.3 Å². The van der Waals surface area contributed by atoms with Crippen molar-refractivity contribution in [1.82, 2.24) is 25.0 Å². The fourth-order valence-corrected chi connectivity index (χ4v) is 5.46. The molecule has 5 rings (SSSR count). The van der Waals surface area contributed by atoms with Gasteiger partial charge < -0.3 is 9.64 Å². The first-order valence-corrected chi connectivity index (χ1v) is 11.9. The number of benzene rings is 1. The second kappa shape index (κ2) is 9.24. The van der Waals surface area contributed by atoms with Gasteiger partial charge in [-0.1, -0.05) is 36.2 Å². The molecule has 1 saturated heterocycles. The predicted octanol–water partition coefficient (Wildman–Crippen LogP) is 5.28. The average Bonchev–Trinajstić information content (AvgIpc) is 3.23. The fourth-order valence-electron chi connectivity index (χ4n) is 5.12. The molecule has 32 heavy (non-hydrogen) atoms. The van der Waals surface area contributed by atoms with Gasteiger partial charge in [-0.25, -0.2) is 4.68 Å². The molecule has 3 heterocycles. The number of rotatable bonds is 7. The largest absolute Gasteiger partial charge is 0.424 e. The maximum Gasteiger partial charge on any atom is 0.320 e. The van der Waals surface area contributed by atoms with Crippen molar-refractivity contribution in [1.29, 1.82) is 0 Å². The lowest BCUT2D eigenvalue weighted by Gasteiger charge is -2.38. The van der Waals surface area contributed by atoms with Crippen molar-refractivity contribution in [2.75, 3.05) is 18.0 Å². The SMILES string of the molecule is CCCn1nc(CC2C3CCC2CN(c2cnnc(Cl)c2)C3)nc1Oc1cccc(Cl)c1. The second-order valence-corrected chi connectivity index (χ2v) is 9.52. The van der Waals surface area contributed by atoms with Gasteiger partial charge in [-0.3, -0.25) is 0 Å². The van der Waals surface area contributed by atoms with Crippen molar-refractivity contribution in [3.63, 3.8) is 0 Å². The van der Waals surface area contributed by atoms with Crippen LogP contribution in [0.1, 0.15) is 32.0 Å². The third-order valence-corrected chi connectivity index (χ3v) is 6.96. The molecule has 1 saturated carbocycles. The van der Waals surface area contributed by atoms with Crippen molar-refractivity contribution in [2.45, 2.75) is 39.2 Å². The third kappa shape index (κ3) is 4.55. The summed E-state index contributed by atoms with van der Waals surface area (Å²) in [5.41, 5.74) is 1.06. The summed E-state index contributed by atoms with van der Waals surface area (Å²) in [6.45, 7) is 4.90. The van der Waals surface area contributed by atoms with Crippen molar-refractivity contribution < 1.29 is 4.74 Å². The van der Waals surface area contributed by atoms with E-state index in [0.717, 1.165) is 44.0 Å². The molecule has 1 aliphatic carbocycles. The van der Waals surface area contributed by atoms with Crippen LogP contribution in [0.4, 0.5) is 5.69 Å². The predicted molar refractivity (Wildman–Crippen MR) is 125 cm³/mol. The zero-order chi connectivity index (χ0) is 22.1. The first-order chi connectivity index (χ1) is 15.6. The summed E-state index contributed by atoms with van der Waals surface area (Å²) < 4.78 is 7.91. The van der Waals surface area contributed by atoms with Gasteiger partial charge in [-0.05, 0) is 55.2 Å². The van der Waals surface area contributed by atoms with E-state index in [-0.39, 0.29) is 0 Å². The lowest BCUT2D eigenvalue weighted by atomic mass is 9.82. The quantitative estimate of drug-likeness (QED) is 0.465. The highest BCUT2D eigenvalue weighted by Gasteiger charge is 2.42. The van der Waals surface area contributed by atoms with Crippen molar-refractivity contribution in [2.24, 2.45) is 17.8 Å². The van der Waals surface area contributed by atoms with Crippen LogP contribution in [0.15, 0.2) is 36.5 Å². The standard InChI is InChI=1S/C23H26Cl2N6O/c1-2-8-31-23(32-19-5-3-4-17(24)9-19)27-22(29-31)11-20-15-6-7-16(20)14-30(13-15)18-10-21(25)28-26-12-18/h3-5,9-10,12,15-16,20H,2,6-8,11,13-14H2,1H3. The number of halogens is 2. The number of anilines is 1. The molecule has 2 fully saturated rings. The van der Waals surface area contributed by atoms with Crippen LogP contribution in [0.5, 0.6) is 11.8 Å². The number of nitrogens with zero attached hydrogens (tertiary/aromatic N) is 6. The van der Waals surface area contributed by atoms with Gasteiger partial charge in [0.05, 0.1) is 11.9 Å². The van der Waals surface area contributed by atoms with Crippen LogP contribution < -0.4 is 9.64 Å². The first kappa shape index (κ1) is 21.5. The van der Waals surface area contributed by atoms with Gasteiger partial charge >= 0.3 is 6.01 Å². The second-order valence-electron chi connectivity index (χ2n) is 8.70. The van der Waals surface area contributed by atoms with E-state index >= 15 is 0 Å². The van der Waals surface area contributed by atoms with Crippen molar-refractivity contribution in [3.8, 4) is 11.8 Å².